The van der Waals surface area contributed by atoms with Crippen LogP contribution in [0.25, 0.3) is 0 Å². The highest BCUT2D eigenvalue weighted by Crippen LogP contribution is 2.34. The van der Waals surface area contributed by atoms with Crippen LogP contribution in [0.4, 0.5) is 5.69 Å². The standard InChI is InChI=1S/C15H21N3/c1-15(2)9-8-13(17-3)11-18(15)14-7-5-4-6-12(14)10-16/h4-7,13,17H,8-9,11H2,1-3H3. The highest BCUT2D eigenvalue weighted by Gasteiger charge is 2.34. The summed E-state index contributed by atoms with van der Waals surface area (Å²) in [4.78, 5) is 2.37. The first kappa shape index (κ1) is 12.9. The predicted molar refractivity (Wildman–Crippen MR) is 74.7 cm³/mol. The number of nitrogens with zero attached hydrogens (tertiary/aromatic N) is 2. The maximum absolute atomic E-state index is 9.25. The molecule has 1 aromatic carbocycles. The number of rotatable bonds is 2. The first-order valence-electron chi connectivity index (χ1n) is 6.52. The lowest BCUT2D eigenvalue weighted by Crippen LogP contribution is -2.55. The molecule has 1 saturated heterocycles. The predicted octanol–water partition coefficient (Wildman–Crippen LogP) is 2.53. The number of para-hydroxylation sites is 1. The highest BCUT2D eigenvalue weighted by molar-refractivity contribution is 5.61. The van der Waals surface area contributed by atoms with Gasteiger partial charge in [-0.3, -0.25) is 0 Å². The van der Waals surface area contributed by atoms with Gasteiger partial charge in [0.15, 0.2) is 0 Å². The van der Waals surface area contributed by atoms with Crippen LogP contribution in [0.3, 0.4) is 0 Å². The summed E-state index contributed by atoms with van der Waals surface area (Å²) in [6, 6.07) is 10.7. The van der Waals surface area contributed by atoms with Crippen LogP contribution in [0.1, 0.15) is 32.3 Å². The van der Waals surface area contributed by atoms with E-state index in [9.17, 15) is 5.26 Å². The van der Waals surface area contributed by atoms with E-state index in [-0.39, 0.29) is 5.54 Å². The summed E-state index contributed by atoms with van der Waals surface area (Å²) in [5.41, 5.74) is 1.94. The Balaban J connectivity index is 2.37. The van der Waals surface area contributed by atoms with Gasteiger partial charge in [-0.25, -0.2) is 0 Å². The lowest BCUT2D eigenvalue weighted by Gasteiger charge is -2.47. The zero-order chi connectivity index (χ0) is 13.2. The highest BCUT2D eigenvalue weighted by atomic mass is 15.2. The minimum absolute atomic E-state index is 0.111. The van der Waals surface area contributed by atoms with Crippen LogP contribution >= 0.6 is 0 Å². The average molecular weight is 243 g/mol. The van der Waals surface area contributed by atoms with Crippen molar-refractivity contribution in [3.63, 3.8) is 0 Å². The molecule has 0 bridgehead atoms. The van der Waals surface area contributed by atoms with Crippen LogP contribution < -0.4 is 10.2 Å². The van der Waals surface area contributed by atoms with Gasteiger partial charge >= 0.3 is 0 Å². The van der Waals surface area contributed by atoms with Gasteiger partial charge in [-0.2, -0.15) is 5.26 Å². The van der Waals surface area contributed by atoms with Gasteiger partial charge in [-0.15, -0.1) is 0 Å². The van der Waals surface area contributed by atoms with Crippen molar-refractivity contribution >= 4 is 5.69 Å². The minimum atomic E-state index is 0.111. The fourth-order valence-electron chi connectivity index (χ4n) is 2.68. The SMILES string of the molecule is CNC1CCC(C)(C)N(c2ccccc2C#N)C1. The molecule has 1 aliphatic rings. The van der Waals surface area contributed by atoms with E-state index in [0.717, 1.165) is 24.2 Å². The van der Waals surface area contributed by atoms with E-state index >= 15 is 0 Å². The summed E-state index contributed by atoms with van der Waals surface area (Å²) < 4.78 is 0. The first-order valence-corrected chi connectivity index (χ1v) is 6.52. The largest absolute Gasteiger partial charge is 0.364 e. The Kier molecular flexibility index (Phi) is 3.58. The summed E-state index contributed by atoms with van der Waals surface area (Å²) in [5, 5.41) is 12.6. The third-order valence-electron chi connectivity index (χ3n) is 3.96. The molecule has 1 aromatic rings. The van der Waals surface area contributed by atoms with Crippen molar-refractivity contribution in [3.05, 3.63) is 29.8 Å². The Hall–Kier alpha value is -1.53. The van der Waals surface area contributed by atoms with Crippen LogP contribution in [0.5, 0.6) is 0 Å². The maximum Gasteiger partial charge on any atom is 0.101 e. The Morgan fingerprint density at radius 2 is 2.11 bits per heavy atom. The van der Waals surface area contributed by atoms with Crippen LogP contribution in [0.2, 0.25) is 0 Å². The van der Waals surface area contributed by atoms with E-state index in [4.69, 9.17) is 0 Å². The maximum atomic E-state index is 9.25. The molecule has 1 fully saturated rings. The molecular formula is C15H21N3. The number of hydrogen-bond acceptors (Lipinski definition) is 3. The zero-order valence-electron chi connectivity index (χ0n) is 11.4. The number of anilines is 1. The molecular weight excluding hydrogens is 222 g/mol. The fourth-order valence-corrected chi connectivity index (χ4v) is 2.68. The lowest BCUT2D eigenvalue weighted by molar-refractivity contribution is 0.313. The van der Waals surface area contributed by atoms with Gasteiger partial charge in [0.2, 0.25) is 0 Å². The van der Waals surface area contributed by atoms with Crippen LogP contribution in [-0.2, 0) is 0 Å². The summed E-state index contributed by atoms with van der Waals surface area (Å²) in [6.45, 7) is 5.47. The summed E-state index contributed by atoms with van der Waals surface area (Å²) in [6.07, 6.45) is 2.33. The summed E-state index contributed by atoms with van der Waals surface area (Å²) in [7, 11) is 2.01. The van der Waals surface area contributed by atoms with Crippen molar-refractivity contribution in [2.24, 2.45) is 0 Å². The van der Waals surface area contributed by atoms with E-state index in [2.05, 4.69) is 36.2 Å². The Bertz CT molecular complexity index is 459. The molecule has 0 amide bonds. The Morgan fingerprint density at radius 1 is 1.39 bits per heavy atom. The molecule has 3 heteroatoms. The number of nitriles is 1. The Labute approximate surface area is 109 Å². The number of piperidine rings is 1. The van der Waals surface area contributed by atoms with Crippen molar-refractivity contribution in [1.29, 1.82) is 5.26 Å². The molecule has 0 aromatic heterocycles. The van der Waals surface area contributed by atoms with Crippen LogP contribution in [0, 0.1) is 11.3 Å². The van der Waals surface area contributed by atoms with Crippen molar-refractivity contribution in [3.8, 4) is 6.07 Å². The van der Waals surface area contributed by atoms with Crippen molar-refractivity contribution in [1.82, 2.24) is 5.32 Å². The monoisotopic (exact) mass is 243 g/mol. The second kappa shape index (κ2) is 4.99. The molecule has 0 aliphatic carbocycles. The molecule has 1 heterocycles. The van der Waals surface area contributed by atoms with E-state index < -0.39 is 0 Å². The zero-order valence-corrected chi connectivity index (χ0v) is 11.4. The minimum Gasteiger partial charge on any atom is -0.364 e. The first-order chi connectivity index (χ1) is 8.58. The number of benzene rings is 1. The second-order valence-electron chi connectivity index (χ2n) is 5.58. The van der Waals surface area contributed by atoms with Gasteiger partial charge in [0.1, 0.15) is 6.07 Å². The molecule has 3 nitrogen and oxygen atoms in total. The topological polar surface area (TPSA) is 39.1 Å². The van der Waals surface area contributed by atoms with Crippen LogP contribution in [0.15, 0.2) is 24.3 Å². The second-order valence-corrected chi connectivity index (χ2v) is 5.58. The summed E-state index contributed by atoms with van der Waals surface area (Å²) in [5.74, 6) is 0. The third-order valence-corrected chi connectivity index (χ3v) is 3.96. The van der Waals surface area contributed by atoms with Gasteiger partial charge in [0.25, 0.3) is 0 Å². The summed E-state index contributed by atoms with van der Waals surface area (Å²) >= 11 is 0. The smallest absolute Gasteiger partial charge is 0.101 e. The average Bonchev–Trinajstić information content (AvgIpc) is 2.38. The molecule has 0 spiro atoms. The van der Waals surface area contributed by atoms with E-state index in [1.165, 1.54) is 6.42 Å². The Morgan fingerprint density at radius 3 is 2.78 bits per heavy atom. The van der Waals surface area contributed by atoms with Crippen LogP contribution in [-0.4, -0.2) is 25.2 Å². The molecule has 0 saturated carbocycles. The number of nitrogens with one attached hydrogen (secondary N) is 1. The molecule has 1 atom stereocenters. The van der Waals surface area contributed by atoms with E-state index in [0.29, 0.717) is 6.04 Å². The third kappa shape index (κ3) is 2.34. The molecule has 1 aliphatic heterocycles. The van der Waals surface area contributed by atoms with Crippen molar-refractivity contribution in [2.45, 2.75) is 38.3 Å². The molecule has 0 radical (unpaired) electrons. The van der Waals surface area contributed by atoms with Gasteiger partial charge in [0.05, 0.1) is 11.3 Å². The normalized spacial score (nSPS) is 22.6. The van der Waals surface area contributed by atoms with Gasteiger partial charge in [0, 0.05) is 18.1 Å². The van der Waals surface area contributed by atoms with Crippen molar-refractivity contribution < 1.29 is 0 Å². The molecule has 96 valence electrons. The fraction of sp³-hybridized carbons (Fsp3) is 0.533. The molecule has 1 N–H and O–H groups in total. The molecule has 2 rings (SSSR count). The molecule has 1 unspecified atom stereocenters. The van der Waals surface area contributed by atoms with E-state index in [1.54, 1.807) is 0 Å². The van der Waals surface area contributed by atoms with E-state index in [1.807, 2.05) is 25.2 Å². The van der Waals surface area contributed by atoms with Crippen molar-refractivity contribution in [2.75, 3.05) is 18.5 Å². The van der Waals surface area contributed by atoms with Gasteiger partial charge in [-0.1, -0.05) is 12.1 Å². The quantitative estimate of drug-likeness (QED) is 0.867. The lowest BCUT2D eigenvalue weighted by atomic mass is 9.87. The van der Waals surface area contributed by atoms with Gasteiger partial charge in [-0.05, 0) is 45.9 Å². The molecule has 18 heavy (non-hydrogen) atoms. The number of hydrogen-bond donors (Lipinski definition) is 1. The number of likely N-dealkylation sites (N-methyl/N-ethyl adjacent to an activating group) is 1. The van der Waals surface area contributed by atoms with Gasteiger partial charge < -0.3 is 10.2 Å².